The molecule has 0 bridgehead atoms. The van der Waals surface area contributed by atoms with Crippen LogP contribution in [0.4, 0.5) is 5.82 Å². The molecular formula is C14H16N2O. The van der Waals surface area contributed by atoms with Crippen molar-refractivity contribution in [2.75, 3.05) is 5.32 Å². The van der Waals surface area contributed by atoms with Crippen molar-refractivity contribution in [3.8, 4) is 0 Å². The first-order valence-corrected chi connectivity index (χ1v) is 6.21. The van der Waals surface area contributed by atoms with E-state index in [4.69, 9.17) is 0 Å². The van der Waals surface area contributed by atoms with Crippen molar-refractivity contribution in [1.29, 1.82) is 0 Å². The second kappa shape index (κ2) is 4.24. The molecule has 0 saturated heterocycles. The van der Waals surface area contributed by atoms with Crippen LogP contribution in [0.2, 0.25) is 0 Å². The number of rotatable bonds is 2. The lowest BCUT2D eigenvalue weighted by atomic mass is 10.1. The lowest BCUT2D eigenvalue weighted by molar-refractivity contribution is 0.750. The summed E-state index contributed by atoms with van der Waals surface area (Å²) in [7, 11) is 0. The van der Waals surface area contributed by atoms with Crippen LogP contribution >= 0.6 is 0 Å². The molecule has 2 aromatic rings. The molecule has 0 spiro atoms. The maximum Gasteiger partial charge on any atom is 0.257 e. The molecule has 1 aromatic carbocycles. The van der Waals surface area contributed by atoms with Crippen LogP contribution in [0.15, 0.2) is 35.1 Å². The lowest BCUT2D eigenvalue weighted by Crippen LogP contribution is -2.18. The van der Waals surface area contributed by atoms with Crippen LogP contribution in [0.3, 0.4) is 0 Å². The molecule has 3 heteroatoms. The summed E-state index contributed by atoms with van der Waals surface area (Å²) in [5.74, 6) is 0.848. The molecule has 1 fully saturated rings. The van der Waals surface area contributed by atoms with E-state index in [-0.39, 0.29) is 5.56 Å². The number of aromatic nitrogens is 1. The molecule has 0 unspecified atom stereocenters. The van der Waals surface area contributed by atoms with Gasteiger partial charge in [0.2, 0.25) is 0 Å². The summed E-state index contributed by atoms with van der Waals surface area (Å²) < 4.78 is 0. The number of fused-ring (bicyclic) bond motifs is 1. The summed E-state index contributed by atoms with van der Waals surface area (Å²) in [6.45, 7) is 0. The lowest BCUT2D eigenvalue weighted by Gasteiger charge is -2.13. The van der Waals surface area contributed by atoms with Crippen LogP contribution < -0.4 is 10.9 Å². The molecule has 1 heterocycles. The first kappa shape index (κ1) is 10.4. The van der Waals surface area contributed by atoms with Gasteiger partial charge < -0.3 is 10.3 Å². The maximum atomic E-state index is 11.9. The van der Waals surface area contributed by atoms with Gasteiger partial charge >= 0.3 is 0 Å². The van der Waals surface area contributed by atoms with Crippen molar-refractivity contribution in [1.82, 2.24) is 4.98 Å². The normalized spacial score (nSPS) is 16.5. The van der Waals surface area contributed by atoms with Crippen molar-refractivity contribution in [3.63, 3.8) is 0 Å². The SMILES string of the molecule is O=c1[nH]c(NC2CCCC2)cc2ccccc12. The number of H-pyrrole nitrogens is 1. The van der Waals surface area contributed by atoms with Gasteiger partial charge in [-0.2, -0.15) is 0 Å². The summed E-state index contributed by atoms with van der Waals surface area (Å²) >= 11 is 0. The molecule has 2 N–H and O–H groups in total. The molecule has 0 amide bonds. The van der Waals surface area contributed by atoms with Gasteiger partial charge in [0.1, 0.15) is 5.82 Å². The van der Waals surface area contributed by atoms with Gasteiger partial charge in [-0.1, -0.05) is 31.0 Å². The molecule has 1 aromatic heterocycles. The third kappa shape index (κ3) is 2.05. The largest absolute Gasteiger partial charge is 0.369 e. The molecule has 88 valence electrons. The second-order valence-electron chi connectivity index (χ2n) is 4.73. The van der Waals surface area contributed by atoms with Crippen molar-refractivity contribution in [2.45, 2.75) is 31.7 Å². The fraction of sp³-hybridized carbons (Fsp3) is 0.357. The number of anilines is 1. The van der Waals surface area contributed by atoms with E-state index in [2.05, 4.69) is 10.3 Å². The van der Waals surface area contributed by atoms with Crippen LogP contribution in [-0.2, 0) is 0 Å². The molecule has 0 radical (unpaired) electrons. The average molecular weight is 228 g/mol. The Hall–Kier alpha value is -1.77. The number of benzene rings is 1. The van der Waals surface area contributed by atoms with Gasteiger partial charge in [-0.25, -0.2) is 0 Å². The van der Waals surface area contributed by atoms with Gasteiger partial charge in [0.15, 0.2) is 0 Å². The van der Waals surface area contributed by atoms with Gasteiger partial charge in [0.05, 0.1) is 0 Å². The first-order valence-electron chi connectivity index (χ1n) is 6.21. The molecule has 1 saturated carbocycles. The Labute approximate surface area is 99.9 Å². The topological polar surface area (TPSA) is 44.9 Å². The van der Waals surface area contributed by atoms with E-state index in [0.29, 0.717) is 6.04 Å². The Bertz CT molecular complexity index is 582. The first-order chi connectivity index (χ1) is 8.33. The monoisotopic (exact) mass is 228 g/mol. The number of aromatic amines is 1. The third-order valence-electron chi connectivity index (χ3n) is 3.47. The highest BCUT2D eigenvalue weighted by Gasteiger charge is 2.14. The quantitative estimate of drug-likeness (QED) is 0.830. The zero-order valence-corrected chi connectivity index (χ0v) is 9.70. The van der Waals surface area contributed by atoms with Crippen molar-refractivity contribution >= 4 is 16.6 Å². The predicted octanol–water partition coefficient (Wildman–Crippen LogP) is 2.88. The molecule has 1 aliphatic rings. The Balaban J connectivity index is 1.97. The minimum Gasteiger partial charge on any atom is -0.369 e. The van der Waals surface area contributed by atoms with Crippen LogP contribution in [0.5, 0.6) is 0 Å². The molecule has 17 heavy (non-hydrogen) atoms. The zero-order valence-electron chi connectivity index (χ0n) is 9.70. The summed E-state index contributed by atoms with van der Waals surface area (Å²) in [6.07, 6.45) is 4.98. The fourth-order valence-corrected chi connectivity index (χ4v) is 2.58. The minimum atomic E-state index is -0.0106. The number of hydrogen-bond donors (Lipinski definition) is 2. The summed E-state index contributed by atoms with van der Waals surface area (Å²) in [5, 5.41) is 5.17. The third-order valence-corrected chi connectivity index (χ3v) is 3.47. The summed E-state index contributed by atoms with van der Waals surface area (Å²) in [4.78, 5) is 14.8. The average Bonchev–Trinajstić information content (AvgIpc) is 2.82. The van der Waals surface area contributed by atoms with E-state index >= 15 is 0 Å². The summed E-state index contributed by atoms with van der Waals surface area (Å²) in [6, 6.07) is 10.2. The Morgan fingerprint density at radius 2 is 1.94 bits per heavy atom. The standard InChI is InChI=1S/C14H16N2O/c17-14-12-8-4-1-5-10(12)9-13(16-14)15-11-6-2-3-7-11/h1,4-5,8-9,11H,2-3,6-7H2,(H2,15,16,17). The van der Waals surface area contributed by atoms with Crippen LogP contribution in [-0.4, -0.2) is 11.0 Å². The molecule has 0 atom stereocenters. The van der Waals surface area contributed by atoms with Gasteiger partial charge in [0, 0.05) is 11.4 Å². The van der Waals surface area contributed by atoms with Crippen LogP contribution in [0.25, 0.3) is 10.8 Å². The fourth-order valence-electron chi connectivity index (χ4n) is 2.58. The number of nitrogens with one attached hydrogen (secondary N) is 2. The van der Waals surface area contributed by atoms with E-state index in [1.807, 2.05) is 30.3 Å². The highest BCUT2D eigenvalue weighted by molar-refractivity contribution is 5.83. The Morgan fingerprint density at radius 1 is 1.18 bits per heavy atom. The molecule has 1 aliphatic carbocycles. The van der Waals surface area contributed by atoms with Crippen LogP contribution in [0, 0.1) is 0 Å². The molecule has 0 aliphatic heterocycles. The van der Waals surface area contributed by atoms with E-state index in [0.717, 1.165) is 16.6 Å². The van der Waals surface area contributed by atoms with Crippen molar-refractivity contribution in [3.05, 3.63) is 40.7 Å². The minimum absolute atomic E-state index is 0.0106. The number of pyridine rings is 1. The van der Waals surface area contributed by atoms with Crippen molar-refractivity contribution in [2.24, 2.45) is 0 Å². The predicted molar refractivity (Wildman–Crippen MR) is 70.4 cm³/mol. The second-order valence-corrected chi connectivity index (χ2v) is 4.73. The van der Waals surface area contributed by atoms with Gasteiger partial charge in [-0.15, -0.1) is 0 Å². The van der Waals surface area contributed by atoms with Gasteiger partial charge in [0.25, 0.3) is 5.56 Å². The number of hydrogen-bond acceptors (Lipinski definition) is 2. The maximum absolute atomic E-state index is 11.9. The van der Waals surface area contributed by atoms with E-state index in [1.54, 1.807) is 0 Å². The van der Waals surface area contributed by atoms with Gasteiger partial charge in [-0.05, 0) is 30.4 Å². The van der Waals surface area contributed by atoms with E-state index in [1.165, 1.54) is 25.7 Å². The molecule has 3 rings (SSSR count). The smallest absolute Gasteiger partial charge is 0.257 e. The van der Waals surface area contributed by atoms with Crippen molar-refractivity contribution < 1.29 is 0 Å². The Kier molecular flexibility index (Phi) is 2.59. The van der Waals surface area contributed by atoms with E-state index < -0.39 is 0 Å². The van der Waals surface area contributed by atoms with E-state index in [9.17, 15) is 4.79 Å². The summed E-state index contributed by atoms with van der Waals surface area (Å²) in [5.41, 5.74) is -0.0106. The van der Waals surface area contributed by atoms with Gasteiger partial charge in [-0.3, -0.25) is 4.79 Å². The molecular weight excluding hydrogens is 212 g/mol. The highest BCUT2D eigenvalue weighted by atomic mass is 16.1. The highest BCUT2D eigenvalue weighted by Crippen LogP contribution is 2.22. The van der Waals surface area contributed by atoms with Crippen LogP contribution in [0.1, 0.15) is 25.7 Å². The molecule has 3 nitrogen and oxygen atoms in total. The Morgan fingerprint density at radius 3 is 2.76 bits per heavy atom. The zero-order chi connectivity index (χ0) is 11.7.